The van der Waals surface area contributed by atoms with Crippen LogP contribution in [0.2, 0.25) is 5.02 Å². The Morgan fingerprint density at radius 3 is 2.72 bits per heavy atom. The molecule has 1 saturated heterocycles. The number of hydrogen-bond acceptors (Lipinski definition) is 7. The van der Waals surface area contributed by atoms with Crippen LogP contribution in [0.15, 0.2) is 29.1 Å². The third kappa shape index (κ3) is 4.11. The van der Waals surface area contributed by atoms with Gasteiger partial charge in [-0.15, -0.1) is 0 Å². The van der Waals surface area contributed by atoms with Crippen molar-refractivity contribution >= 4 is 34.6 Å². The van der Waals surface area contributed by atoms with Crippen molar-refractivity contribution in [3.8, 4) is 11.4 Å². The minimum atomic E-state index is -0.863. The van der Waals surface area contributed by atoms with Gasteiger partial charge in [0.25, 0.3) is 5.91 Å². The van der Waals surface area contributed by atoms with E-state index in [-0.39, 0.29) is 41.9 Å². The zero-order valence-electron chi connectivity index (χ0n) is 17.4. The van der Waals surface area contributed by atoms with E-state index < -0.39 is 24.1 Å². The molecule has 1 fully saturated rings. The Balaban J connectivity index is 1.98. The van der Waals surface area contributed by atoms with Crippen LogP contribution in [-0.2, 0) is 27.4 Å². The van der Waals surface area contributed by atoms with Crippen LogP contribution in [0.25, 0.3) is 22.6 Å². The Morgan fingerprint density at radius 2 is 2.06 bits per heavy atom. The van der Waals surface area contributed by atoms with Crippen molar-refractivity contribution in [1.29, 1.82) is 0 Å². The summed E-state index contributed by atoms with van der Waals surface area (Å²) in [5.74, 6) is -1.35. The van der Waals surface area contributed by atoms with E-state index in [2.05, 4.69) is 9.97 Å². The number of nitrogens with zero attached hydrogens (tertiary/aromatic N) is 4. The number of benzene rings is 1. The number of ether oxygens (including phenoxy) is 2. The van der Waals surface area contributed by atoms with E-state index in [0.29, 0.717) is 17.2 Å². The van der Waals surface area contributed by atoms with Crippen LogP contribution in [0.4, 0.5) is 0 Å². The molecule has 0 bridgehead atoms. The Kier molecular flexibility index (Phi) is 6.24. The second-order valence-electron chi connectivity index (χ2n) is 7.33. The number of fused-ring (bicyclic) bond motifs is 1. The summed E-state index contributed by atoms with van der Waals surface area (Å²) in [6.07, 6.45) is 1.47. The lowest BCUT2D eigenvalue weighted by Crippen LogP contribution is -2.31. The van der Waals surface area contributed by atoms with E-state index in [0.717, 1.165) is 17.4 Å². The van der Waals surface area contributed by atoms with Crippen molar-refractivity contribution in [2.75, 3.05) is 13.2 Å². The first-order valence-electron chi connectivity index (χ1n) is 10.2. The van der Waals surface area contributed by atoms with E-state index in [1.165, 1.54) is 4.57 Å². The molecule has 1 aliphatic rings. The quantitative estimate of drug-likeness (QED) is 0.532. The van der Waals surface area contributed by atoms with E-state index in [9.17, 15) is 14.4 Å². The van der Waals surface area contributed by atoms with Crippen LogP contribution in [0.3, 0.4) is 0 Å². The van der Waals surface area contributed by atoms with Crippen LogP contribution < -0.4 is 11.4 Å². The summed E-state index contributed by atoms with van der Waals surface area (Å²) >= 11 is 6.31. The molecule has 1 aromatic carbocycles. The van der Waals surface area contributed by atoms with Crippen LogP contribution in [0, 0.1) is 0 Å². The number of carbonyl (C=O) groups excluding carboxylic acids is 2. The predicted octanol–water partition coefficient (Wildman–Crippen LogP) is 1.75. The molecule has 10 nitrogen and oxygen atoms in total. The average molecular weight is 460 g/mol. The van der Waals surface area contributed by atoms with Crippen molar-refractivity contribution in [3.63, 3.8) is 0 Å². The SMILES string of the molecule is CCOC(=O)Cn1c(=O)n(CC2CCCO2)c2nc(-c3ccccc3Cl)nc(C(N)=O)c21. The Hall–Kier alpha value is -3.24. The number of carbonyl (C=O) groups is 2. The van der Waals surface area contributed by atoms with Crippen molar-refractivity contribution in [2.45, 2.75) is 39.0 Å². The van der Waals surface area contributed by atoms with Gasteiger partial charge in [-0.25, -0.2) is 14.8 Å². The lowest BCUT2D eigenvalue weighted by atomic mass is 10.2. The number of aromatic nitrogens is 4. The summed E-state index contributed by atoms with van der Waals surface area (Å²) in [6.45, 7) is 2.22. The van der Waals surface area contributed by atoms with Crippen LogP contribution in [0.1, 0.15) is 30.3 Å². The first-order chi connectivity index (χ1) is 15.4. The fourth-order valence-electron chi connectivity index (χ4n) is 3.79. The van der Waals surface area contributed by atoms with Crippen molar-refractivity contribution in [2.24, 2.45) is 5.73 Å². The monoisotopic (exact) mass is 459 g/mol. The highest BCUT2D eigenvalue weighted by atomic mass is 35.5. The molecule has 0 saturated carbocycles. The van der Waals surface area contributed by atoms with E-state index in [1.54, 1.807) is 31.2 Å². The van der Waals surface area contributed by atoms with E-state index in [1.807, 2.05) is 0 Å². The molecule has 2 N–H and O–H groups in total. The van der Waals surface area contributed by atoms with Gasteiger partial charge < -0.3 is 15.2 Å². The highest BCUT2D eigenvalue weighted by molar-refractivity contribution is 6.33. The highest BCUT2D eigenvalue weighted by Crippen LogP contribution is 2.28. The van der Waals surface area contributed by atoms with Gasteiger partial charge >= 0.3 is 11.7 Å². The molecule has 168 valence electrons. The standard InChI is InChI=1S/C21H22ClN5O5/c1-2-31-15(28)11-26-17-16(18(23)29)24-19(13-7-3-4-8-14(13)22)25-20(17)27(21(26)30)10-12-6-5-9-32-12/h3-4,7-8,12H,2,5-6,9-11H2,1H3,(H2,23,29). The zero-order valence-corrected chi connectivity index (χ0v) is 18.2. The number of imidazole rings is 1. The molecule has 32 heavy (non-hydrogen) atoms. The summed E-state index contributed by atoms with van der Waals surface area (Å²) in [5, 5.41) is 0.376. The molecule has 0 aliphatic carbocycles. The third-order valence-electron chi connectivity index (χ3n) is 5.20. The molecule has 0 radical (unpaired) electrons. The molecule has 1 amide bonds. The van der Waals surface area contributed by atoms with Gasteiger partial charge in [-0.05, 0) is 31.9 Å². The number of halogens is 1. The molecule has 1 atom stereocenters. The average Bonchev–Trinajstić information content (AvgIpc) is 3.36. The number of rotatable bonds is 7. The third-order valence-corrected chi connectivity index (χ3v) is 5.53. The van der Waals surface area contributed by atoms with Crippen LogP contribution in [0.5, 0.6) is 0 Å². The molecule has 1 unspecified atom stereocenters. The number of nitrogens with two attached hydrogens (primary N) is 1. The number of amides is 1. The number of esters is 1. The summed E-state index contributed by atoms with van der Waals surface area (Å²) in [6, 6.07) is 6.87. The second-order valence-corrected chi connectivity index (χ2v) is 7.74. The van der Waals surface area contributed by atoms with Gasteiger partial charge in [0.1, 0.15) is 12.1 Å². The molecule has 3 aromatic rings. The molecular formula is C21H22ClN5O5. The maximum Gasteiger partial charge on any atom is 0.331 e. The first-order valence-corrected chi connectivity index (χ1v) is 10.6. The Bertz CT molecular complexity index is 1250. The summed E-state index contributed by atoms with van der Waals surface area (Å²) in [7, 11) is 0. The van der Waals surface area contributed by atoms with Gasteiger partial charge in [0, 0.05) is 12.2 Å². The molecular weight excluding hydrogens is 438 g/mol. The van der Waals surface area contributed by atoms with Gasteiger partial charge in [-0.2, -0.15) is 0 Å². The normalized spacial score (nSPS) is 15.9. The topological polar surface area (TPSA) is 131 Å². The van der Waals surface area contributed by atoms with Crippen LogP contribution in [-0.4, -0.2) is 50.3 Å². The van der Waals surface area contributed by atoms with Gasteiger partial charge in [-0.1, -0.05) is 23.7 Å². The van der Waals surface area contributed by atoms with Crippen LogP contribution >= 0.6 is 11.6 Å². The summed E-state index contributed by atoms with van der Waals surface area (Å²) in [4.78, 5) is 46.7. The van der Waals surface area contributed by atoms with Gasteiger partial charge in [0.05, 0.1) is 24.3 Å². The molecule has 3 heterocycles. The van der Waals surface area contributed by atoms with Crippen molar-refractivity contribution in [1.82, 2.24) is 19.1 Å². The van der Waals surface area contributed by atoms with Crippen molar-refractivity contribution in [3.05, 3.63) is 45.5 Å². The highest BCUT2D eigenvalue weighted by Gasteiger charge is 2.27. The lowest BCUT2D eigenvalue weighted by molar-refractivity contribution is -0.143. The fourth-order valence-corrected chi connectivity index (χ4v) is 4.01. The predicted molar refractivity (Wildman–Crippen MR) is 116 cm³/mol. The molecule has 11 heteroatoms. The Labute approximate surface area is 187 Å². The maximum atomic E-state index is 13.3. The lowest BCUT2D eigenvalue weighted by Gasteiger charge is -2.11. The second kappa shape index (κ2) is 9.09. The molecule has 4 rings (SSSR count). The smallest absolute Gasteiger partial charge is 0.331 e. The van der Waals surface area contributed by atoms with Gasteiger partial charge in [-0.3, -0.25) is 18.7 Å². The van der Waals surface area contributed by atoms with Gasteiger partial charge in [0.15, 0.2) is 17.2 Å². The van der Waals surface area contributed by atoms with Gasteiger partial charge in [0.2, 0.25) is 0 Å². The minimum Gasteiger partial charge on any atom is -0.465 e. The summed E-state index contributed by atoms with van der Waals surface area (Å²) in [5.41, 5.74) is 5.63. The first kappa shape index (κ1) is 22.0. The van der Waals surface area contributed by atoms with E-state index >= 15 is 0 Å². The number of hydrogen-bond donors (Lipinski definition) is 1. The zero-order chi connectivity index (χ0) is 22.8. The molecule has 1 aliphatic heterocycles. The van der Waals surface area contributed by atoms with E-state index in [4.69, 9.17) is 26.8 Å². The molecule has 2 aromatic heterocycles. The maximum absolute atomic E-state index is 13.3. The Morgan fingerprint density at radius 1 is 1.28 bits per heavy atom. The molecule has 0 spiro atoms. The summed E-state index contributed by atoms with van der Waals surface area (Å²) < 4.78 is 13.2. The minimum absolute atomic E-state index is 0.0735. The number of primary amides is 1. The largest absolute Gasteiger partial charge is 0.465 e. The van der Waals surface area contributed by atoms with Crippen molar-refractivity contribution < 1.29 is 19.1 Å². The fraction of sp³-hybridized carbons (Fsp3) is 0.381.